The number of rotatable bonds is 6. The third-order valence-corrected chi connectivity index (χ3v) is 4.21. The molecule has 0 aromatic rings. The van der Waals surface area contributed by atoms with Gasteiger partial charge in [-0.2, -0.15) is 0 Å². The van der Waals surface area contributed by atoms with Crippen LogP contribution in [0.2, 0.25) is 0 Å². The maximum Gasteiger partial charge on any atom is 0.153 e. The summed E-state index contributed by atoms with van der Waals surface area (Å²) in [6, 6.07) is 0. The van der Waals surface area contributed by atoms with Crippen LogP contribution in [-0.4, -0.2) is 5.66 Å². The minimum absolute atomic E-state index is 0.109. The molecule has 2 atom stereocenters. The summed E-state index contributed by atoms with van der Waals surface area (Å²) in [4.78, 5) is 11.4. The first-order chi connectivity index (χ1) is 8.93. The summed E-state index contributed by atoms with van der Waals surface area (Å²) in [6.07, 6.45) is 2.87. The Labute approximate surface area is 132 Å². The Kier molecular flexibility index (Phi) is 5.86. The van der Waals surface area contributed by atoms with Crippen molar-refractivity contribution in [2.45, 2.75) is 94.2 Å². The van der Waals surface area contributed by atoms with E-state index in [0.717, 1.165) is 19.3 Å². The van der Waals surface area contributed by atoms with Crippen LogP contribution in [0.4, 0.5) is 0 Å². The standard InChI is InChI=1S/C18H38N2O/c1-14(2,3)11-16(7,8)13-17(9,12-15(4,5)6)18(10,19)20-21/h11-13,19H2,1-10H3. The predicted molar refractivity (Wildman–Crippen MR) is 93.0 cm³/mol. The highest BCUT2D eigenvalue weighted by molar-refractivity contribution is 5.00. The van der Waals surface area contributed by atoms with Gasteiger partial charge < -0.3 is 5.73 Å². The summed E-state index contributed by atoms with van der Waals surface area (Å²) in [5.41, 5.74) is 5.41. The highest BCUT2D eigenvalue weighted by Gasteiger charge is 2.48. The van der Waals surface area contributed by atoms with Gasteiger partial charge in [0.2, 0.25) is 0 Å². The normalized spacial score (nSPS) is 19.8. The zero-order valence-corrected chi connectivity index (χ0v) is 16.1. The summed E-state index contributed by atoms with van der Waals surface area (Å²) >= 11 is 0. The summed E-state index contributed by atoms with van der Waals surface area (Å²) in [6.45, 7) is 21.8. The van der Waals surface area contributed by atoms with E-state index in [0.29, 0.717) is 0 Å². The third-order valence-electron chi connectivity index (χ3n) is 4.21. The van der Waals surface area contributed by atoms with E-state index in [1.54, 1.807) is 6.92 Å². The second-order valence-corrected chi connectivity index (χ2v) is 10.6. The topological polar surface area (TPSA) is 55.4 Å². The highest BCUT2D eigenvalue weighted by Crippen LogP contribution is 2.50. The van der Waals surface area contributed by atoms with Crippen LogP contribution in [0.15, 0.2) is 5.18 Å². The lowest BCUT2D eigenvalue weighted by Gasteiger charge is -2.48. The van der Waals surface area contributed by atoms with Crippen LogP contribution < -0.4 is 5.73 Å². The van der Waals surface area contributed by atoms with Crippen molar-refractivity contribution in [1.29, 1.82) is 0 Å². The first-order valence-corrected chi connectivity index (χ1v) is 8.07. The van der Waals surface area contributed by atoms with Crippen molar-refractivity contribution in [3.8, 4) is 0 Å². The van der Waals surface area contributed by atoms with Crippen molar-refractivity contribution in [3.63, 3.8) is 0 Å². The third kappa shape index (κ3) is 6.90. The van der Waals surface area contributed by atoms with Crippen molar-refractivity contribution in [2.24, 2.45) is 32.6 Å². The van der Waals surface area contributed by atoms with Crippen molar-refractivity contribution in [2.75, 3.05) is 0 Å². The molecule has 0 radical (unpaired) electrons. The van der Waals surface area contributed by atoms with Crippen LogP contribution in [-0.2, 0) is 0 Å². The Morgan fingerprint density at radius 1 is 0.714 bits per heavy atom. The fraction of sp³-hybridized carbons (Fsp3) is 1.00. The van der Waals surface area contributed by atoms with Gasteiger partial charge in [0.1, 0.15) is 0 Å². The average Bonchev–Trinajstić information content (AvgIpc) is 2.08. The van der Waals surface area contributed by atoms with E-state index in [1.165, 1.54) is 0 Å². The van der Waals surface area contributed by atoms with Gasteiger partial charge in [-0.15, -0.1) is 4.91 Å². The molecule has 0 rings (SSSR count). The van der Waals surface area contributed by atoms with Crippen molar-refractivity contribution in [3.05, 3.63) is 4.91 Å². The molecule has 0 saturated heterocycles. The SMILES string of the molecule is CC(C)(C)CC(C)(C)CC(C)(CC(C)(C)C)C(C)(N)N=O. The lowest BCUT2D eigenvalue weighted by molar-refractivity contribution is 0.0284. The molecular weight excluding hydrogens is 260 g/mol. The molecule has 0 aliphatic carbocycles. The number of hydrogen-bond acceptors (Lipinski definition) is 3. The predicted octanol–water partition coefficient (Wildman–Crippen LogP) is 5.72. The summed E-state index contributed by atoms with van der Waals surface area (Å²) in [7, 11) is 0. The number of nitrogens with zero attached hydrogens (tertiary/aromatic N) is 1. The van der Waals surface area contributed by atoms with Crippen molar-refractivity contribution >= 4 is 0 Å². The van der Waals surface area contributed by atoms with E-state index in [4.69, 9.17) is 5.73 Å². The van der Waals surface area contributed by atoms with E-state index >= 15 is 0 Å². The fourth-order valence-electron chi connectivity index (χ4n) is 4.26. The molecule has 0 heterocycles. The van der Waals surface area contributed by atoms with Gasteiger partial charge in [0.05, 0.1) is 0 Å². The highest BCUT2D eigenvalue weighted by atomic mass is 16.3. The summed E-state index contributed by atoms with van der Waals surface area (Å²) < 4.78 is 0. The number of hydrogen-bond donors (Lipinski definition) is 1. The Morgan fingerprint density at radius 3 is 1.38 bits per heavy atom. The molecule has 3 heteroatoms. The monoisotopic (exact) mass is 298 g/mol. The molecule has 2 N–H and O–H groups in total. The van der Waals surface area contributed by atoms with Crippen LogP contribution in [0, 0.1) is 26.6 Å². The molecule has 21 heavy (non-hydrogen) atoms. The number of nitroso groups, excluding NO2 is 1. The van der Waals surface area contributed by atoms with E-state index < -0.39 is 5.66 Å². The first-order valence-electron chi connectivity index (χ1n) is 8.07. The van der Waals surface area contributed by atoms with E-state index in [-0.39, 0.29) is 21.7 Å². The molecular formula is C18H38N2O. The van der Waals surface area contributed by atoms with Crippen LogP contribution in [0.5, 0.6) is 0 Å². The molecule has 0 aliphatic rings. The Hall–Kier alpha value is -0.440. The number of nitrogens with two attached hydrogens (primary N) is 1. The van der Waals surface area contributed by atoms with E-state index in [9.17, 15) is 4.91 Å². The van der Waals surface area contributed by atoms with Crippen LogP contribution in [0.1, 0.15) is 88.5 Å². The zero-order valence-electron chi connectivity index (χ0n) is 16.1. The fourth-order valence-corrected chi connectivity index (χ4v) is 4.26. The molecule has 0 fully saturated rings. The molecule has 126 valence electrons. The quantitative estimate of drug-likeness (QED) is 0.637. The van der Waals surface area contributed by atoms with Gasteiger partial charge in [-0.25, -0.2) is 0 Å². The summed E-state index contributed by atoms with van der Waals surface area (Å²) in [5.74, 6) is 0. The average molecular weight is 299 g/mol. The van der Waals surface area contributed by atoms with Gasteiger partial charge in [-0.1, -0.05) is 62.3 Å². The lowest BCUT2D eigenvalue weighted by atomic mass is 9.59. The van der Waals surface area contributed by atoms with Gasteiger partial charge in [0.25, 0.3) is 0 Å². The smallest absolute Gasteiger partial charge is 0.153 e. The van der Waals surface area contributed by atoms with Gasteiger partial charge in [0, 0.05) is 5.41 Å². The molecule has 0 aromatic carbocycles. The molecule has 2 unspecified atom stereocenters. The molecule has 0 bridgehead atoms. The molecule has 0 spiro atoms. The van der Waals surface area contributed by atoms with Crippen LogP contribution in [0.3, 0.4) is 0 Å². The maximum atomic E-state index is 11.4. The largest absolute Gasteiger partial charge is 0.304 e. The van der Waals surface area contributed by atoms with Gasteiger partial charge in [-0.3, -0.25) is 0 Å². The second kappa shape index (κ2) is 5.98. The second-order valence-electron chi connectivity index (χ2n) is 10.6. The Balaban J connectivity index is 5.49. The molecule has 0 aromatic heterocycles. The van der Waals surface area contributed by atoms with Crippen molar-refractivity contribution < 1.29 is 0 Å². The zero-order chi connectivity index (χ0) is 17.3. The molecule has 0 aliphatic heterocycles. The first kappa shape index (κ1) is 20.6. The molecule has 3 nitrogen and oxygen atoms in total. The van der Waals surface area contributed by atoms with Crippen molar-refractivity contribution in [1.82, 2.24) is 0 Å². The summed E-state index contributed by atoms with van der Waals surface area (Å²) in [5, 5.41) is 3.29. The van der Waals surface area contributed by atoms with Gasteiger partial charge in [0.15, 0.2) is 5.66 Å². The van der Waals surface area contributed by atoms with Gasteiger partial charge in [-0.05, 0) is 47.6 Å². The minimum Gasteiger partial charge on any atom is -0.304 e. The molecule has 0 saturated carbocycles. The molecule has 0 amide bonds. The minimum atomic E-state index is -1.05. The maximum absolute atomic E-state index is 11.4. The Bertz CT molecular complexity index is 358. The Morgan fingerprint density at radius 2 is 1.10 bits per heavy atom. The lowest BCUT2D eigenvalue weighted by Crippen LogP contribution is -2.53. The van der Waals surface area contributed by atoms with E-state index in [2.05, 4.69) is 67.5 Å². The van der Waals surface area contributed by atoms with Gasteiger partial charge >= 0.3 is 0 Å². The van der Waals surface area contributed by atoms with Crippen LogP contribution >= 0.6 is 0 Å². The van der Waals surface area contributed by atoms with Crippen LogP contribution in [0.25, 0.3) is 0 Å². The van der Waals surface area contributed by atoms with E-state index in [1.807, 2.05) is 0 Å².